The number of aromatic nitrogens is 3. The second-order valence-electron chi connectivity index (χ2n) is 3.29. The van der Waals surface area contributed by atoms with Gasteiger partial charge in [-0.3, -0.25) is 0 Å². The van der Waals surface area contributed by atoms with E-state index in [-0.39, 0.29) is 33.6 Å². The topological polar surface area (TPSA) is 65.0 Å². The molecule has 0 saturated heterocycles. The maximum atomic E-state index is 13.8. The van der Waals surface area contributed by atoms with Gasteiger partial charge in [0, 0.05) is 0 Å². The summed E-state index contributed by atoms with van der Waals surface area (Å²) >= 11 is 17.0. The number of carbonyl (C=O) groups excluding carboxylic acids is 1. The van der Waals surface area contributed by atoms with Crippen molar-refractivity contribution in [2.75, 3.05) is 6.61 Å². The van der Waals surface area contributed by atoms with Gasteiger partial charge in [-0.15, -0.1) is 0 Å². The first-order valence-electron chi connectivity index (χ1n) is 5.00. The summed E-state index contributed by atoms with van der Waals surface area (Å²) in [6.07, 6.45) is 0. The van der Waals surface area contributed by atoms with Gasteiger partial charge in [-0.2, -0.15) is 0 Å². The third kappa shape index (κ3) is 2.56. The zero-order valence-corrected chi connectivity index (χ0v) is 11.6. The SMILES string of the molecule is CCOC(=O)c1nc(Cl)c(F)c2nc(Cl)nc(Cl)c12. The van der Waals surface area contributed by atoms with Crippen molar-refractivity contribution in [2.45, 2.75) is 6.92 Å². The summed E-state index contributed by atoms with van der Waals surface area (Å²) < 4.78 is 18.6. The second kappa shape index (κ2) is 5.40. The molecule has 0 fully saturated rings. The molecular weight excluding hydrogens is 319 g/mol. The van der Waals surface area contributed by atoms with Gasteiger partial charge in [0.1, 0.15) is 10.7 Å². The molecule has 0 aliphatic rings. The zero-order chi connectivity index (χ0) is 14.2. The molecule has 0 amide bonds. The molecule has 2 heterocycles. The van der Waals surface area contributed by atoms with Crippen LogP contribution in [0.1, 0.15) is 17.4 Å². The van der Waals surface area contributed by atoms with Gasteiger partial charge < -0.3 is 4.74 Å². The standard InChI is InChI=1S/C10H5Cl3FN3O2/c1-2-19-9(18)6-3-5(4(14)8(12)15-6)16-10(13)17-7(3)11/h2H2,1H3. The van der Waals surface area contributed by atoms with Crippen molar-refractivity contribution in [3.05, 3.63) is 27.1 Å². The van der Waals surface area contributed by atoms with Crippen LogP contribution in [-0.2, 0) is 4.74 Å². The molecule has 0 aliphatic heterocycles. The van der Waals surface area contributed by atoms with Gasteiger partial charge in [0.25, 0.3) is 0 Å². The van der Waals surface area contributed by atoms with Crippen LogP contribution in [0.3, 0.4) is 0 Å². The third-order valence-corrected chi connectivity index (χ3v) is 2.84. The summed E-state index contributed by atoms with van der Waals surface area (Å²) in [5.41, 5.74) is -0.544. The molecule has 19 heavy (non-hydrogen) atoms. The fourth-order valence-corrected chi connectivity index (χ4v) is 2.07. The first kappa shape index (κ1) is 14.2. The van der Waals surface area contributed by atoms with E-state index in [4.69, 9.17) is 39.5 Å². The summed E-state index contributed by atoms with van der Waals surface area (Å²) in [7, 11) is 0. The number of fused-ring (bicyclic) bond motifs is 1. The van der Waals surface area contributed by atoms with Gasteiger partial charge in [0.05, 0.1) is 12.0 Å². The lowest BCUT2D eigenvalue weighted by Crippen LogP contribution is -2.10. The van der Waals surface area contributed by atoms with E-state index in [0.717, 1.165) is 0 Å². The Labute approximate surface area is 121 Å². The summed E-state index contributed by atoms with van der Waals surface area (Å²) in [4.78, 5) is 22.7. The van der Waals surface area contributed by atoms with Crippen molar-refractivity contribution in [1.29, 1.82) is 0 Å². The van der Waals surface area contributed by atoms with E-state index in [1.807, 2.05) is 0 Å². The van der Waals surface area contributed by atoms with Crippen LogP contribution in [0.25, 0.3) is 10.9 Å². The van der Waals surface area contributed by atoms with Crippen LogP contribution < -0.4 is 0 Å². The van der Waals surface area contributed by atoms with Crippen LogP contribution in [0.4, 0.5) is 4.39 Å². The van der Waals surface area contributed by atoms with Gasteiger partial charge in [0.2, 0.25) is 5.28 Å². The fraction of sp³-hybridized carbons (Fsp3) is 0.200. The number of esters is 1. The van der Waals surface area contributed by atoms with Crippen molar-refractivity contribution < 1.29 is 13.9 Å². The van der Waals surface area contributed by atoms with Gasteiger partial charge in [-0.25, -0.2) is 24.1 Å². The molecule has 0 atom stereocenters. The van der Waals surface area contributed by atoms with Gasteiger partial charge in [-0.05, 0) is 18.5 Å². The number of ether oxygens (including phenoxy) is 1. The first-order chi connectivity index (χ1) is 8.95. The van der Waals surface area contributed by atoms with E-state index >= 15 is 0 Å². The van der Waals surface area contributed by atoms with Crippen LogP contribution in [0.2, 0.25) is 15.6 Å². The first-order valence-corrected chi connectivity index (χ1v) is 6.14. The Morgan fingerprint density at radius 1 is 1.21 bits per heavy atom. The number of pyridine rings is 1. The summed E-state index contributed by atoms with van der Waals surface area (Å²) in [5.74, 6) is -1.74. The lowest BCUT2D eigenvalue weighted by molar-refractivity contribution is 0.0522. The quantitative estimate of drug-likeness (QED) is 0.367. The van der Waals surface area contributed by atoms with E-state index in [2.05, 4.69) is 15.0 Å². The van der Waals surface area contributed by atoms with Crippen molar-refractivity contribution in [3.63, 3.8) is 0 Å². The van der Waals surface area contributed by atoms with Gasteiger partial charge in [-0.1, -0.05) is 23.2 Å². The summed E-state index contributed by atoms with van der Waals surface area (Å²) in [5, 5.41) is -1.10. The molecule has 0 radical (unpaired) electrons. The molecular formula is C10H5Cl3FN3O2. The molecule has 100 valence electrons. The number of rotatable bonds is 2. The van der Waals surface area contributed by atoms with Crippen molar-refractivity contribution in [1.82, 2.24) is 15.0 Å². The minimum Gasteiger partial charge on any atom is -0.461 e. The molecule has 0 bridgehead atoms. The second-order valence-corrected chi connectivity index (χ2v) is 4.35. The monoisotopic (exact) mass is 323 g/mol. The number of nitrogens with zero attached hydrogens (tertiary/aromatic N) is 3. The van der Waals surface area contributed by atoms with Crippen LogP contribution in [-0.4, -0.2) is 27.5 Å². The fourth-order valence-electron chi connectivity index (χ4n) is 1.42. The molecule has 0 aliphatic carbocycles. The number of halogens is 4. The molecule has 2 aromatic rings. The molecule has 0 aromatic carbocycles. The maximum absolute atomic E-state index is 13.8. The number of hydrogen-bond acceptors (Lipinski definition) is 5. The highest BCUT2D eigenvalue weighted by atomic mass is 35.5. The molecule has 0 saturated carbocycles. The smallest absolute Gasteiger partial charge is 0.357 e. The Kier molecular flexibility index (Phi) is 4.03. The molecule has 5 nitrogen and oxygen atoms in total. The lowest BCUT2D eigenvalue weighted by atomic mass is 10.2. The minimum atomic E-state index is -0.934. The maximum Gasteiger partial charge on any atom is 0.357 e. The van der Waals surface area contributed by atoms with Crippen LogP contribution in [0, 0.1) is 5.82 Å². The molecule has 0 spiro atoms. The minimum absolute atomic E-state index is 0.0913. The van der Waals surface area contributed by atoms with Crippen molar-refractivity contribution in [3.8, 4) is 0 Å². The van der Waals surface area contributed by atoms with Crippen molar-refractivity contribution >= 4 is 51.7 Å². The highest BCUT2D eigenvalue weighted by molar-refractivity contribution is 6.37. The van der Waals surface area contributed by atoms with E-state index in [1.165, 1.54) is 0 Å². The summed E-state index contributed by atoms with van der Waals surface area (Å²) in [6, 6.07) is 0. The predicted octanol–water partition coefficient (Wildman–Crippen LogP) is 3.30. The Bertz CT molecular complexity index is 681. The average Bonchev–Trinajstić information content (AvgIpc) is 2.34. The number of hydrogen-bond donors (Lipinski definition) is 0. The van der Waals surface area contributed by atoms with Crippen LogP contribution in [0.5, 0.6) is 0 Å². The predicted molar refractivity (Wildman–Crippen MR) is 68.3 cm³/mol. The van der Waals surface area contributed by atoms with Gasteiger partial charge in [0.15, 0.2) is 16.7 Å². The number of carbonyl (C=O) groups is 1. The third-order valence-electron chi connectivity index (χ3n) is 2.14. The molecule has 9 heteroatoms. The van der Waals surface area contributed by atoms with Crippen LogP contribution in [0.15, 0.2) is 0 Å². The Morgan fingerprint density at radius 3 is 2.53 bits per heavy atom. The van der Waals surface area contributed by atoms with E-state index < -0.39 is 16.9 Å². The Morgan fingerprint density at radius 2 is 1.89 bits per heavy atom. The van der Waals surface area contributed by atoms with E-state index in [0.29, 0.717) is 0 Å². The summed E-state index contributed by atoms with van der Waals surface area (Å²) in [6.45, 7) is 1.73. The molecule has 0 N–H and O–H groups in total. The lowest BCUT2D eigenvalue weighted by Gasteiger charge is -2.08. The Hall–Kier alpha value is -1.24. The zero-order valence-electron chi connectivity index (χ0n) is 9.38. The molecule has 2 rings (SSSR count). The molecule has 0 unspecified atom stereocenters. The van der Waals surface area contributed by atoms with E-state index in [9.17, 15) is 9.18 Å². The highest BCUT2D eigenvalue weighted by Crippen LogP contribution is 2.30. The Balaban J connectivity index is 2.85. The molecule has 2 aromatic heterocycles. The van der Waals surface area contributed by atoms with Crippen LogP contribution >= 0.6 is 34.8 Å². The normalized spacial score (nSPS) is 10.8. The average molecular weight is 325 g/mol. The van der Waals surface area contributed by atoms with Crippen molar-refractivity contribution in [2.24, 2.45) is 0 Å². The van der Waals surface area contributed by atoms with Gasteiger partial charge >= 0.3 is 5.97 Å². The van der Waals surface area contributed by atoms with E-state index in [1.54, 1.807) is 6.92 Å². The largest absolute Gasteiger partial charge is 0.461 e. The highest BCUT2D eigenvalue weighted by Gasteiger charge is 2.23.